The Kier molecular flexibility index (Phi) is 3.28. The third-order valence-corrected chi connectivity index (χ3v) is 1.89. The summed E-state index contributed by atoms with van der Waals surface area (Å²) in [6.45, 7) is 0. The van der Waals surface area contributed by atoms with Gasteiger partial charge in [0.05, 0.1) is 10.6 Å². The van der Waals surface area contributed by atoms with Crippen LogP contribution < -0.4 is 5.73 Å². The third kappa shape index (κ3) is 2.89. The van der Waals surface area contributed by atoms with E-state index in [4.69, 9.17) is 5.73 Å². The molecule has 0 fully saturated rings. The van der Waals surface area contributed by atoms with Crippen LogP contribution in [0.5, 0.6) is 0 Å². The van der Waals surface area contributed by atoms with Crippen LogP contribution in [0.25, 0.3) is 0 Å². The van der Waals surface area contributed by atoms with Gasteiger partial charge in [-0.2, -0.15) is 13.2 Å². The fourth-order valence-electron chi connectivity index (χ4n) is 1.12. The van der Waals surface area contributed by atoms with E-state index in [1.165, 1.54) is 6.07 Å². The van der Waals surface area contributed by atoms with Gasteiger partial charge >= 0.3 is 6.18 Å². The van der Waals surface area contributed by atoms with Crippen molar-refractivity contribution in [2.45, 2.75) is 12.6 Å². The smallest absolute Gasteiger partial charge is 0.393 e. The number of benzene rings is 1. The van der Waals surface area contributed by atoms with Crippen molar-refractivity contribution in [1.82, 2.24) is 0 Å². The standard InChI is InChI=1S/C9H7F4NS/c10-8-5(4-7(14)15)2-1-3-6(8)9(11,12)13/h1-3H,4H2,(H2,14,15). The summed E-state index contributed by atoms with van der Waals surface area (Å²) in [5.74, 6) is -1.31. The van der Waals surface area contributed by atoms with Gasteiger partial charge in [-0.3, -0.25) is 0 Å². The fraction of sp³-hybridized carbons (Fsp3) is 0.222. The van der Waals surface area contributed by atoms with Crippen LogP contribution in [0.4, 0.5) is 17.6 Å². The minimum absolute atomic E-state index is 0.0479. The van der Waals surface area contributed by atoms with Crippen molar-refractivity contribution in [2.75, 3.05) is 0 Å². The fourth-order valence-corrected chi connectivity index (χ4v) is 1.28. The maximum absolute atomic E-state index is 13.3. The summed E-state index contributed by atoms with van der Waals surface area (Å²) in [7, 11) is 0. The maximum Gasteiger partial charge on any atom is 0.419 e. The first-order chi connectivity index (χ1) is 6.82. The molecule has 0 heterocycles. The molecular weight excluding hydrogens is 230 g/mol. The molecule has 1 aromatic rings. The summed E-state index contributed by atoms with van der Waals surface area (Å²) < 4.78 is 50.1. The first-order valence-electron chi connectivity index (χ1n) is 3.95. The number of halogens is 4. The van der Waals surface area contributed by atoms with Crippen molar-refractivity contribution in [2.24, 2.45) is 5.73 Å². The molecule has 0 radical (unpaired) electrons. The SMILES string of the molecule is NC(=S)Cc1cccc(C(F)(F)F)c1F. The van der Waals surface area contributed by atoms with Crippen molar-refractivity contribution in [3.05, 3.63) is 35.1 Å². The normalized spacial score (nSPS) is 11.5. The van der Waals surface area contributed by atoms with Crippen molar-refractivity contribution in [3.8, 4) is 0 Å². The number of rotatable bonds is 2. The molecule has 0 aliphatic carbocycles. The van der Waals surface area contributed by atoms with Crippen LogP contribution in [0.3, 0.4) is 0 Å². The van der Waals surface area contributed by atoms with Gasteiger partial charge in [-0.25, -0.2) is 4.39 Å². The van der Waals surface area contributed by atoms with Gasteiger partial charge < -0.3 is 5.73 Å². The lowest BCUT2D eigenvalue weighted by molar-refractivity contribution is -0.140. The first kappa shape index (κ1) is 11.9. The van der Waals surface area contributed by atoms with Gasteiger partial charge in [0.25, 0.3) is 0 Å². The molecule has 0 aliphatic heterocycles. The van der Waals surface area contributed by atoms with E-state index in [-0.39, 0.29) is 17.0 Å². The van der Waals surface area contributed by atoms with Crippen molar-refractivity contribution < 1.29 is 17.6 Å². The molecule has 0 bridgehead atoms. The van der Waals surface area contributed by atoms with E-state index in [0.29, 0.717) is 6.07 Å². The van der Waals surface area contributed by atoms with Crippen LogP contribution >= 0.6 is 12.2 Å². The lowest BCUT2D eigenvalue weighted by Gasteiger charge is -2.10. The highest BCUT2D eigenvalue weighted by Crippen LogP contribution is 2.32. The van der Waals surface area contributed by atoms with Crippen molar-refractivity contribution >= 4 is 17.2 Å². The largest absolute Gasteiger partial charge is 0.419 e. The second-order valence-corrected chi connectivity index (χ2v) is 3.44. The number of hydrogen-bond donors (Lipinski definition) is 1. The van der Waals surface area contributed by atoms with Gasteiger partial charge in [0.15, 0.2) is 0 Å². The van der Waals surface area contributed by atoms with Crippen LogP contribution in [0.15, 0.2) is 18.2 Å². The zero-order chi connectivity index (χ0) is 11.6. The molecule has 0 saturated heterocycles. The molecule has 0 unspecified atom stereocenters. The minimum Gasteiger partial charge on any atom is -0.393 e. The van der Waals surface area contributed by atoms with E-state index in [0.717, 1.165) is 6.07 Å². The summed E-state index contributed by atoms with van der Waals surface area (Å²) in [6, 6.07) is 3.03. The molecule has 0 spiro atoms. The molecule has 0 atom stereocenters. The van der Waals surface area contributed by atoms with E-state index in [1.807, 2.05) is 0 Å². The van der Waals surface area contributed by atoms with Gasteiger partial charge in [-0.1, -0.05) is 24.4 Å². The molecule has 0 amide bonds. The highest BCUT2D eigenvalue weighted by Gasteiger charge is 2.34. The molecule has 1 nitrogen and oxygen atoms in total. The van der Waals surface area contributed by atoms with Gasteiger partial charge in [0.1, 0.15) is 5.82 Å². The Morgan fingerprint density at radius 2 is 1.93 bits per heavy atom. The average molecular weight is 237 g/mol. The van der Waals surface area contributed by atoms with Crippen LogP contribution in [0.1, 0.15) is 11.1 Å². The Bertz CT molecular complexity index is 386. The summed E-state index contributed by atoms with van der Waals surface area (Å²) in [5, 5.41) is 0. The van der Waals surface area contributed by atoms with Crippen LogP contribution in [-0.2, 0) is 12.6 Å². The number of hydrogen-bond acceptors (Lipinski definition) is 1. The Morgan fingerprint density at radius 1 is 1.33 bits per heavy atom. The summed E-state index contributed by atoms with van der Waals surface area (Å²) in [6.07, 6.45) is -4.87. The van der Waals surface area contributed by atoms with E-state index in [9.17, 15) is 17.6 Å². The lowest BCUT2D eigenvalue weighted by Crippen LogP contribution is -2.15. The van der Waals surface area contributed by atoms with Gasteiger partial charge in [-0.05, 0) is 11.6 Å². The second kappa shape index (κ2) is 4.14. The molecule has 1 rings (SSSR count). The third-order valence-electron chi connectivity index (χ3n) is 1.75. The van der Waals surface area contributed by atoms with Gasteiger partial charge in [0.2, 0.25) is 0 Å². The topological polar surface area (TPSA) is 26.0 Å². The molecule has 2 N–H and O–H groups in total. The van der Waals surface area contributed by atoms with Gasteiger partial charge in [0, 0.05) is 6.42 Å². The highest BCUT2D eigenvalue weighted by atomic mass is 32.1. The molecule has 1 aromatic carbocycles. The van der Waals surface area contributed by atoms with Crippen LogP contribution in [0, 0.1) is 5.82 Å². The summed E-state index contributed by atoms with van der Waals surface area (Å²) in [4.78, 5) is -0.0479. The molecular formula is C9H7F4NS. The van der Waals surface area contributed by atoms with E-state index in [2.05, 4.69) is 12.2 Å². The summed E-state index contributed by atoms with van der Waals surface area (Å²) in [5.41, 5.74) is 3.70. The van der Waals surface area contributed by atoms with E-state index < -0.39 is 17.6 Å². The average Bonchev–Trinajstić information content (AvgIpc) is 2.05. The maximum atomic E-state index is 13.3. The summed E-state index contributed by atoms with van der Waals surface area (Å²) >= 11 is 4.50. The quantitative estimate of drug-likeness (QED) is 0.632. The molecule has 6 heteroatoms. The number of thiocarbonyl (C=S) groups is 1. The predicted octanol–water partition coefficient (Wildman–Crippen LogP) is 2.67. The Morgan fingerprint density at radius 3 is 2.40 bits per heavy atom. The van der Waals surface area contributed by atoms with Crippen LogP contribution in [0.2, 0.25) is 0 Å². The zero-order valence-electron chi connectivity index (χ0n) is 7.44. The van der Waals surface area contributed by atoms with Crippen molar-refractivity contribution in [3.63, 3.8) is 0 Å². The number of nitrogens with two attached hydrogens (primary N) is 1. The Hall–Kier alpha value is -1.17. The van der Waals surface area contributed by atoms with E-state index in [1.54, 1.807) is 0 Å². The zero-order valence-corrected chi connectivity index (χ0v) is 8.25. The monoisotopic (exact) mass is 237 g/mol. The Balaban J connectivity index is 3.17. The second-order valence-electron chi connectivity index (χ2n) is 2.92. The predicted molar refractivity (Wildman–Crippen MR) is 51.9 cm³/mol. The Labute approximate surface area is 88.9 Å². The highest BCUT2D eigenvalue weighted by molar-refractivity contribution is 7.80. The first-order valence-corrected chi connectivity index (χ1v) is 4.36. The lowest BCUT2D eigenvalue weighted by atomic mass is 10.1. The number of alkyl halides is 3. The molecule has 15 heavy (non-hydrogen) atoms. The molecule has 82 valence electrons. The van der Waals surface area contributed by atoms with Gasteiger partial charge in [-0.15, -0.1) is 0 Å². The van der Waals surface area contributed by atoms with E-state index >= 15 is 0 Å². The van der Waals surface area contributed by atoms with Crippen LogP contribution in [-0.4, -0.2) is 4.99 Å². The molecule has 0 aromatic heterocycles. The molecule has 0 aliphatic rings. The van der Waals surface area contributed by atoms with Crippen molar-refractivity contribution in [1.29, 1.82) is 0 Å². The molecule has 0 saturated carbocycles. The minimum atomic E-state index is -4.70.